The number of furan rings is 1. The summed E-state index contributed by atoms with van der Waals surface area (Å²) in [6.07, 6.45) is 0. The summed E-state index contributed by atoms with van der Waals surface area (Å²) in [5, 5.41) is 12.2. The van der Waals surface area contributed by atoms with Crippen molar-refractivity contribution in [1.29, 1.82) is 0 Å². The lowest BCUT2D eigenvalue weighted by Gasteiger charge is -2.34. The van der Waals surface area contributed by atoms with Crippen LogP contribution in [0.25, 0.3) is 0 Å². The number of amides is 1. The summed E-state index contributed by atoms with van der Waals surface area (Å²) in [5.74, 6) is -0.530. The van der Waals surface area contributed by atoms with Gasteiger partial charge in [-0.25, -0.2) is 4.79 Å². The van der Waals surface area contributed by atoms with Gasteiger partial charge in [0.2, 0.25) is 5.76 Å². The maximum Gasteiger partial charge on any atom is 0.374 e. The smallest absolute Gasteiger partial charge is 0.374 e. The fourth-order valence-electron chi connectivity index (χ4n) is 3.52. The summed E-state index contributed by atoms with van der Waals surface area (Å²) in [6.45, 7) is 1.89. The van der Waals surface area contributed by atoms with Crippen LogP contribution in [0.5, 0.6) is 0 Å². The maximum absolute atomic E-state index is 13.1. The van der Waals surface area contributed by atoms with Crippen molar-refractivity contribution in [3.8, 4) is 0 Å². The molecule has 7 heteroatoms. The molecule has 4 rings (SSSR count). The molecule has 1 amide bonds. The highest BCUT2D eigenvalue weighted by molar-refractivity contribution is 6.30. The lowest BCUT2D eigenvalue weighted by atomic mass is 9.94. The van der Waals surface area contributed by atoms with Gasteiger partial charge in [-0.15, -0.1) is 0 Å². The van der Waals surface area contributed by atoms with Crippen LogP contribution in [0.4, 0.5) is 0 Å². The number of carbonyl (C=O) groups is 2. The minimum Gasteiger partial charge on any atom is -0.460 e. The van der Waals surface area contributed by atoms with Crippen LogP contribution >= 0.6 is 11.6 Å². The zero-order valence-electron chi connectivity index (χ0n) is 15.6. The van der Waals surface area contributed by atoms with Crippen LogP contribution in [-0.2, 0) is 17.0 Å². The summed E-state index contributed by atoms with van der Waals surface area (Å²) in [7, 11) is 0. The summed E-state index contributed by atoms with van der Waals surface area (Å²) in [5.41, 5.74) is -0.321. The van der Waals surface area contributed by atoms with Crippen molar-refractivity contribution in [1.82, 2.24) is 4.90 Å². The number of hydrogen-bond acceptors (Lipinski definition) is 5. The number of benzene rings is 2. The van der Waals surface area contributed by atoms with Gasteiger partial charge >= 0.3 is 5.97 Å². The first-order valence-corrected chi connectivity index (χ1v) is 9.48. The Balaban J connectivity index is 1.74. The average Bonchev–Trinajstić information content (AvgIpc) is 3.28. The Morgan fingerprint density at radius 1 is 1.14 bits per heavy atom. The van der Waals surface area contributed by atoms with Gasteiger partial charge in [0.25, 0.3) is 5.91 Å². The Hall–Kier alpha value is -3.09. The van der Waals surface area contributed by atoms with Crippen LogP contribution in [0.2, 0.25) is 5.02 Å². The predicted molar refractivity (Wildman–Crippen MR) is 105 cm³/mol. The van der Waals surface area contributed by atoms with E-state index in [0.717, 1.165) is 0 Å². The minimum atomic E-state index is -1.70. The van der Waals surface area contributed by atoms with E-state index in [2.05, 4.69) is 0 Å². The summed E-state index contributed by atoms with van der Waals surface area (Å²) < 4.78 is 10.5. The van der Waals surface area contributed by atoms with Crippen molar-refractivity contribution < 1.29 is 23.8 Å². The standard InChI is InChI=1S/C22H18ClNO5/c1-2-28-21(26)19-12-11-16(29-19)13-24-20(25)17-5-3-4-6-18(17)22(24,27)14-7-9-15(23)10-8-14/h3-12,27H,2,13H2,1H3/t22-/m0/s1. The topological polar surface area (TPSA) is 80.0 Å². The highest BCUT2D eigenvalue weighted by Gasteiger charge is 2.50. The molecule has 1 aliphatic heterocycles. The monoisotopic (exact) mass is 411 g/mol. The molecule has 0 fully saturated rings. The van der Waals surface area contributed by atoms with E-state index >= 15 is 0 Å². The number of halogens is 1. The number of esters is 1. The fraction of sp³-hybridized carbons (Fsp3) is 0.182. The van der Waals surface area contributed by atoms with Crippen molar-refractivity contribution in [2.24, 2.45) is 0 Å². The molecule has 0 radical (unpaired) electrons. The number of carbonyl (C=O) groups excluding carboxylic acids is 2. The van der Waals surface area contributed by atoms with Gasteiger partial charge < -0.3 is 14.3 Å². The molecule has 6 nitrogen and oxygen atoms in total. The van der Waals surface area contributed by atoms with E-state index in [1.165, 1.54) is 11.0 Å². The fourth-order valence-corrected chi connectivity index (χ4v) is 3.65. The van der Waals surface area contributed by atoms with E-state index in [1.54, 1.807) is 61.5 Å². The van der Waals surface area contributed by atoms with Gasteiger partial charge in [-0.3, -0.25) is 9.69 Å². The van der Waals surface area contributed by atoms with Crippen molar-refractivity contribution in [3.05, 3.63) is 93.9 Å². The van der Waals surface area contributed by atoms with Crippen molar-refractivity contribution in [2.75, 3.05) is 6.61 Å². The average molecular weight is 412 g/mol. The second kappa shape index (κ2) is 7.39. The van der Waals surface area contributed by atoms with Gasteiger partial charge in [-0.1, -0.05) is 41.9 Å². The number of nitrogens with zero attached hydrogens (tertiary/aromatic N) is 1. The summed E-state index contributed by atoms with van der Waals surface area (Å²) in [6, 6.07) is 16.6. The highest BCUT2D eigenvalue weighted by atomic mass is 35.5. The van der Waals surface area contributed by atoms with Crippen LogP contribution in [0.15, 0.2) is 65.1 Å². The first-order valence-electron chi connectivity index (χ1n) is 9.11. The van der Waals surface area contributed by atoms with E-state index in [9.17, 15) is 14.7 Å². The summed E-state index contributed by atoms with van der Waals surface area (Å²) in [4.78, 5) is 26.3. The first kappa shape index (κ1) is 19.2. The molecule has 1 N–H and O–H groups in total. The number of rotatable bonds is 5. The molecule has 0 aliphatic carbocycles. The molecule has 0 saturated heterocycles. The second-order valence-electron chi connectivity index (χ2n) is 6.60. The van der Waals surface area contributed by atoms with Crippen molar-refractivity contribution in [3.63, 3.8) is 0 Å². The van der Waals surface area contributed by atoms with Gasteiger partial charge in [-0.05, 0) is 37.3 Å². The van der Waals surface area contributed by atoms with E-state index in [1.807, 2.05) is 0 Å². The number of aliphatic hydroxyl groups is 1. The van der Waals surface area contributed by atoms with Gasteiger partial charge in [0.05, 0.1) is 13.2 Å². The summed E-state index contributed by atoms with van der Waals surface area (Å²) >= 11 is 6.00. The van der Waals surface area contributed by atoms with Crippen LogP contribution in [0, 0.1) is 0 Å². The SMILES string of the molecule is CCOC(=O)c1ccc(CN2C(=O)c3ccccc3[C@@]2(O)c2ccc(Cl)cc2)o1. The largest absolute Gasteiger partial charge is 0.460 e. The number of ether oxygens (including phenoxy) is 1. The predicted octanol–water partition coefficient (Wildman–Crippen LogP) is 3.96. The minimum absolute atomic E-state index is 0.0357. The van der Waals surface area contributed by atoms with Crippen LogP contribution in [0.3, 0.4) is 0 Å². The lowest BCUT2D eigenvalue weighted by Crippen LogP contribution is -2.44. The molecule has 29 heavy (non-hydrogen) atoms. The van der Waals surface area contributed by atoms with Gasteiger partial charge in [-0.2, -0.15) is 0 Å². The van der Waals surface area contributed by atoms with E-state index in [-0.39, 0.29) is 24.8 Å². The molecule has 2 aromatic carbocycles. The molecule has 1 atom stereocenters. The third kappa shape index (κ3) is 3.20. The molecular formula is C22H18ClNO5. The Kier molecular flexibility index (Phi) is 4.90. The Bertz CT molecular complexity index is 1070. The quantitative estimate of drug-likeness (QED) is 0.643. The third-order valence-electron chi connectivity index (χ3n) is 4.87. The maximum atomic E-state index is 13.1. The van der Waals surface area contributed by atoms with Gasteiger partial charge in [0, 0.05) is 21.7 Å². The van der Waals surface area contributed by atoms with Crippen LogP contribution in [-0.4, -0.2) is 28.5 Å². The van der Waals surface area contributed by atoms with Crippen LogP contribution in [0.1, 0.15) is 44.7 Å². The highest BCUT2D eigenvalue weighted by Crippen LogP contribution is 2.43. The third-order valence-corrected chi connectivity index (χ3v) is 5.12. The molecule has 0 spiro atoms. The number of hydrogen-bond donors (Lipinski definition) is 1. The second-order valence-corrected chi connectivity index (χ2v) is 7.04. The van der Waals surface area contributed by atoms with Crippen molar-refractivity contribution >= 4 is 23.5 Å². The van der Waals surface area contributed by atoms with Crippen LogP contribution < -0.4 is 0 Å². The number of fused-ring (bicyclic) bond motifs is 1. The van der Waals surface area contributed by atoms with Crippen molar-refractivity contribution in [2.45, 2.75) is 19.2 Å². The Morgan fingerprint density at radius 3 is 2.59 bits per heavy atom. The molecule has 0 saturated carbocycles. The van der Waals surface area contributed by atoms with E-state index < -0.39 is 11.7 Å². The molecule has 148 valence electrons. The molecule has 0 unspecified atom stereocenters. The molecule has 1 aromatic heterocycles. The normalized spacial score (nSPS) is 18.0. The zero-order valence-corrected chi connectivity index (χ0v) is 16.3. The molecule has 3 aromatic rings. The zero-order chi connectivity index (χ0) is 20.6. The van der Waals surface area contributed by atoms with E-state index in [0.29, 0.717) is 27.5 Å². The van der Waals surface area contributed by atoms with Gasteiger partial charge in [0.1, 0.15) is 5.76 Å². The molecule has 2 heterocycles. The lowest BCUT2D eigenvalue weighted by molar-refractivity contribution is -0.0567. The molecular weight excluding hydrogens is 394 g/mol. The Labute approximate surface area is 172 Å². The first-order chi connectivity index (χ1) is 13.9. The molecule has 1 aliphatic rings. The molecule has 0 bridgehead atoms. The van der Waals surface area contributed by atoms with E-state index in [4.69, 9.17) is 20.8 Å². The van der Waals surface area contributed by atoms with Gasteiger partial charge in [0.15, 0.2) is 5.72 Å². The Morgan fingerprint density at radius 2 is 1.86 bits per heavy atom.